The summed E-state index contributed by atoms with van der Waals surface area (Å²) in [6.45, 7) is 2.07. The van der Waals surface area contributed by atoms with E-state index in [-0.39, 0.29) is 34.8 Å². The van der Waals surface area contributed by atoms with Crippen LogP contribution < -0.4 is 14.8 Å². The minimum absolute atomic E-state index is 0.0992. The molecule has 7 aliphatic rings. The molecule has 6 aliphatic carbocycles. The number of hydrogen-bond donors (Lipinski definition) is 1. The summed E-state index contributed by atoms with van der Waals surface area (Å²) >= 11 is 0. The van der Waals surface area contributed by atoms with Crippen molar-refractivity contribution in [1.29, 1.82) is 0 Å². The maximum absolute atomic E-state index is 12.9. The molecule has 7 atom stereocenters. The Morgan fingerprint density at radius 2 is 2.00 bits per heavy atom. The first-order valence-electron chi connectivity index (χ1n) is 12.6. The normalized spacial score (nSPS) is 45.7. The van der Waals surface area contributed by atoms with Gasteiger partial charge in [0.25, 0.3) is 0 Å². The van der Waals surface area contributed by atoms with E-state index in [2.05, 4.69) is 18.3 Å². The van der Waals surface area contributed by atoms with Crippen molar-refractivity contribution in [1.82, 2.24) is 5.32 Å². The maximum Gasteiger partial charge on any atom is 0.223 e. The standard InChI is InChI=1S/C27H33NO5/c1-24(14-29)13-25-10-11-27(24,32-3)23-26(25)9-8-18(28-22(30)15-4-5-15)17(25)12-16-6-7-19(31-2)21(33-23)20(16)26/h6-7,14-15,17-18,23H,4-5,8-13H2,1-3H3,(H,28,30)/t17-,18?,23+,24+,25?,26-,27-/m0/s1. The number of ether oxygens (including phenoxy) is 3. The van der Waals surface area contributed by atoms with E-state index >= 15 is 0 Å². The van der Waals surface area contributed by atoms with Gasteiger partial charge in [-0.1, -0.05) is 6.07 Å². The molecule has 6 nitrogen and oxygen atoms in total. The molecule has 5 saturated carbocycles. The van der Waals surface area contributed by atoms with Crippen molar-refractivity contribution >= 4 is 12.2 Å². The zero-order valence-electron chi connectivity index (χ0n) is 19.7. The summed E-state index contributed by atoms with van der Waals surface area (Å²) in [6, 6.07) is 4.37. The molecule has 1 aromatic rings. The average molecular weight is 452 g/mol. The Balaban J connectivity index is 1.46. The lowest BCUT2D eigenvalue weighted by Gasteiger charge is -2.75. The summed E-state index contributed by atoms with van der Waals surface area (Å²) in [5, 5.41) is 3.47. The highest BCUT2D eigenvalue weighted by molar-refractivity contribution is 5.81. The van der Waals surface area contributed by atoms with Gasteiger partial charge in [0.05, 0.1) is 12.5 Å². The second-order valence-electron chi connectivity index (χ2n) is 11.8. The number of benzene rings is 1. The predicted octanol–water partition coefficient (Wildman–Crippen LogP) is 3.33. The van der Waals surface area contributed by atoms with Gasteiger partial charge in [-0.2, -0.15) is 0 Å². The quantitative estimate of drug-likeness (QED) is 0.696. The molecule has 0 radical (unpaired) electrons. The van der Waals surface area contributed by atoms with Gasteiger partial charge in [0.15, 0.2) is 11.5 Å². The van der Waals surface area contributed by atoms with Crippen LogP contribution in [-0.2, 0) is 26.2 Å². The van der Waals surface area contributed by atoms with Crippen LogP contribution in [0.25, 0.3) is 0 Å². The maximum atomic E-state index is 12.9. The third-order valence-corrected chi connectivity index (χ3v) is 10.8. The van der Waals surface area contributed by atoms with Crippen molar-refractivity contribution in [2.24, 2.45) is 22.7 Å². The molecule has 2 spiro atoms. The highest BCUT2D eigenvalue weighted by Gasteiger charge is 2.83. The first kappa shape index (κ1) is 20.3. The van der Waals surface area contributed by atoms with Gasteiger partial charge < -0.3 is 24.3 Å². The molecule has 0 saturated heterocycles. The van der Waals surface area contributed by atoms with Crippen molar-refractivity contribution < 1.29 is 23.8 Å². The third kappa shape index (κ3) is 2.04. The first-order chi connectivity index (χ1) is 15.9. The number of rotatable bonds is 5. The zero-order valence-corrected chi connectivity index (χ0v) is 19.7. The molecule has 1 aliphatic heterocycles. The van der Waals surface area contributed by atoms with Crippen LogP contribution in [0.3, 0.4) is 0 Å². The van der Waals surface area contributed by atoms with E-state index < -0.39 is 11.0 Å². The molecule has 176 valence electrons. The molecule has 1 heterocycles. The third-order valence-electron chi connectivity index (χ3n) is 10.8. The highest BCUT2D eigenvalue weighted by Crippen LogP contribution is 2.80. The van der Waals surface area contributed by atoms with Crippen LogP contribution in [-0.4, -0.2) is 44.2 Å². The number of nitrogens with one attached hydrogen (secondary N) is 1. The first-order valence-corrected chi connectivity index (χ1v) is 12.6. The molecule has 0 aromatic heterocycles. The molecule has 1 aromatic carbocycles. The van der Waals surface area contributed by atoms with E-state index in [1.807, 2.05) is 6.07 Å². The fourth-order valence-electron chi connectivity index (χ4n) is 9.39. The van der Waals surface area contributed by atoms with E-state index in [1.165, 1.54) is 11.1 Å². The van der Waals surface area contributed by atoms with Gasteiger partial charge in [0.1, 0.15) is 18.0 Å². The number of carbonyl (C=O) groups is 2. The van der Waals surface area contributed by atoms with Crippen molar-refractivity contribution in [3.63, 3.8) is 0 Å². The number of amides is 1. The lowest BCUT2D eigenvalue weighted by atomic mass is 9.30. The largest absolute Gasteiger partial charge is 0.493 e. The SMILES string of the molecule is COc1ccc2c3c1O[C@@H]1[C@]34CCC(NC(=O)C3CC3)[C@H](C2)C42CC[C@@]1(OC)[C@@](C)(C=O)C2. The second-order valence-corrected chi connectivity index (χ2v) is 11.8. The Morgan fingerprint density at radius 3 is 2.70 bits per heavy atom. The van der Waals surface area contributed by atoms with E-state index in [9.17, 15) is 9.59 Å². The monoisotopic (exact) mass is 451 g/mol. The van der Waals surface area contributed by atoms with Crippen LogP contribution in [0, 0.1) is 22.7 Å². The minimum Gasteiger partial charge on any atom is -0.493 e. The molecule has 2 unspecified atom stereocenters. The van der Waals surface area contributed by atoms with E-state index in [4.69, 9.17) is 14.2 Å². The van der Waals surface area contributed by atoms with E-state index in [0.717, 1.165) is 69.2 Å². The molecule has 5 fully saturated rings. The van der Waals surface area contributed by atoms with Crippen LogP contribution in [0.5, 0.6) is 11.5 Å². The Morgan fingerprint density at radius 1 is 1.18 bits per heavy atom. The number of hydrogen-bond acceptors (Lipinski definition) is 5. The summed E-state index contributed by atoms with van der Waals surface area (Å²) < 4.78 is 19.0. The molecular formula is C27H33NO5. The summed E-state index contributed by atoms with van der Waals surface area (Å²) in [4.78, 5) is 25.6. The Labute approximate surface area is 194 Å². The lowest BCUT2D eigenvalue weighted by Crippen LogP contribution is -2.81. The fraction of sp³-hybridized carbons (Fsp3) is 0.704. The molecule has 4 bridgehead atoms. The van der Waals surface area contributed by atoms with E-state index in [0.29, 0.717) is 5.92 Å². The Hall–Kier alpha value is -2.08. The Kier molecular flexibility index (Phi) is 3.77. The van der Waals surface area contributed by atoms with Crippen molar-refractivity contribution in [3.05, 3.63) is 23.3 Å². The van der Waals surface area contributed by atoms with Gasteiger partial charge in [-0.05, 0) is 81.3 Å². The fourth-order valence-corrected chi connectivity index (χ4v) is 9.39. The topological polar surface area (TPSA) is 73.9 Å². The highest BCUT2D eigenvalue weighted by atomic mass is 16.6. The molecular weight excluding hydrogens is 418 g/mol. The van der Waals surface area contributed by atoms with Crippen LogP contribution in [0.4, 0.5) is 0 Å². The minimum atomic E-state index is -0.663. The van der Waals surface area contributed by atoms with Crippen molar-refractivity contribution in [2.45, 2.75) is 81.5 Å². The van der Waals surface area contributed by atoms with Gasteiger partial charge in [0, 0.05) is 30.0 Å². The van der Waals surface area contributed by atoms with Crippen LogP contribution in [0.15, 0.2) is 12.1 Å². The lowest BCUT2D eigenvalue weighted by molar-refractivity contribution is -0.292. The molecule has 6 heteroatoms. The number of aldehydes is 1. The zero-order chi connectivity index (χ0) is 22.8. The van der Waals surface area contributed by atoms with Crippen molar-refractivity contribution in [2.75, 3.05) is 14.2 Å². The van der Waals surface area contributed by atoms with Crippen LogP contribution in [0.2, 0.25) is 0 Å². The van der Waals surface area contributed by atoms with E-state index in [1.54, 1.807) is 14.2 Å². The smallest absolute Gasteiger partial charge is 0.223 e. The number of carbonyl (C=O) groups excluding carboxylic acids is 2. The number of fused-ring (bicyclic) bond motifs is 2. The Bertz CT molecular complexity index is 1080. The van der Waals surface area contributed by atoms with Gasteiger partial charge in [-0.3, -0.25) is 4.79 Å². The predicted molar refractivity (Wildman–Crippen MR) is 120 cm³/mol. The van der Waals surface area contributed by atoms with Crippen LogP contribution >= 0.6 is 0 Å². The molecule has 1 amide bonds. The van der Waals surface area contributed by atoms with Crippen LogP contribution in [0.1, 0.15) is 63.0 Å². The van der Waals surface area contributed by atoms with Gasteiger partial charge in [-0.15, -0.1) is 0 Å². The second kappa shape index (κ2) is 6.12. The summed E-state index contributed by atoms with van der Waals surface area (Å²) in [5.74, 6) is 2.35. The molecule has 8 rings (SSSR count). The van der Waals surface area contributed by atoms with Gasteiger partial charge >= 0.3 is 0 Å². The van der Waals surface area contributed by atoms with Gasteiger partial charge in [0.2, 0.25) is 5.91 Å². The summed E-state index contributed by atoms with van der Waals surface area (Å²) in [6.07, 6.45) is 8.33. The molecule has 33 heavy (non-hydrogen) atoms. The summed E-state index contributed by atoms with van der Waals surface area (Å²) in [5.41, 5.74) is 1.03. The molecule has 1 N–H and O–H groups in total. The number of methoxy groups -OCH3 is 2. The van der Waals surface area contributed by atoms with Gasteiger partial charge in [-0.25, -0.2) is 0 Å². The van der Waals surface area contributed by atoms with Crippen molar-refractivity contribution in [3.8, 4) is 11.5 Å². The summed E-state index contributed by atoms with van der Waals surface area (Å²) in [7, 11) is 3.45. The average Bonchev–Trinajstić information content (AvgIpc) is 3.61.